The predicted molar refractivity (Wildman–Crippen MR) is 61.9 cm³/mol. The lowest BCUT2D eigenvalue weighted by atomic mass is 10.1. The third kappa shape index (κ3) is 2.16. The van der Waals surface area contributed by atoms with Crippen LogP contribution in [-0.4, -0.2) is 5.78 Å². The summed E-state index contributed by atoms with van der Waals surface area (Å²) < 4.78 is 14.1. The van der Waals surface area contributed by atoms with E-state index < -0.39 is 5.82 Å². The second kappa shape index (κ2) is 4.24. The molecule has 2 aromatic rings. The van der Waals surface area contributed by atoms with E-state index in [2.05, 4.69) is 15.9 Å². The van der Waals surface area contributed by atoms with Gasteiger partial charge >= 0.3 is 0 Å². The average molecular weight is 285 g/mol. The quantitative estimate of drug-likeness (QED) is 0.765. The van der Waals surface area contributed by atoms with Crippen molar-refractivity contribution in [2.45, 2.75) is 0 Å². The molecule has 0 bridgehead atoms. The summed E-state index contributed by atoms with van der Waals surface area (Å²) in [7, 11) is 0. The minimum Gasteiger partial charge on any atom is -0.288 e. The first-order valence-electron chi connectivity index (χ1n) is 4.20. The zero-order valence-corrected chi connectivity index (χ0v) is 9.94. The summed E-state index contributed by atoms with van der Waals surface area (Å²) in [5, 5.41) is 3.51. The number of carbonyl (C=O) groups excluding carboxylic acids is 1. The van der Waals surface area contributed by atoms with Crippen molar-refractivity contribution in [3.63, 3.8) is 0 Å². The van der Waals surface area contributed by atoms with Crippen molar-refractivity contribution >= 4 is 33.0 Å². The zero-order valence-electron chi connectivity index (χ0n) is 7.54. The Morgan fingerprint density at radius 1 is 1.33 bits per heavy atom. The molecule has 4 heteroatoms. The number of hydrogen-bond acceptors (Lipinski definition) is 2. The Labute approximate surface area is 98.7 Å². The number of halogens is 2. The van der Waals surface area contributed by atoms with Gasteiger partial charge in [0.15, 0.2) is 5.78 Å². The summed E-state index contributed by atoms with van der Waals surface area (Å²) in [4.78, 5) is 11.8. The molecule has 0 aliphatic heterocycles. The minimum absolute atomic E-state index is 0.108. The molecule has 0 radical (unpaired) electrons. The Balaban J connectivity index is 2.42. The van der Waals surface area contributed by atoms with E-state index in [0.29, 0.717) is 10.0 Å². The number of hydrogen-bond donors (Lipinski definition) is 0. The number of rotatable bonds is 2. The number of ketones is 1. The van der Waals surface area contributed by atoms with Gasteiger partial charge in [0.25, 0.3) is 0 Å². The summed E-state index contributed by atoms with van der Waals surface area (Å²) in [6.45, 7) is 0. The molecule has 0 aliphatic rings. The molecule has 15 heavy (non-hydrogen) atoms. The fourth-order valence-corrected chi connectivity index (χ4v) is 2.19. The van der Waals surface area contributed by atoms with E-state index >= 15 is 0 Å². The van der Waals surface area contributed by atoms with Crippen LogP contribution >= 0.6 is 27.3 Å². The van der Waals surface area contributed by atoms with Gasteiger partial charge in [-0.05, 0) is 29.6 Å². The molecular formula is C11H6BrFOS. The second-order valence-electron chi connectivity index (χ2n) is 2.97. The summed E-state index contributed by atoms with van der Waals surface area (Å²) >= 11 is 4.56. The minimum atomic E-state index is -0.499. The van der Waals surface area contributed by atoms with Gasteiger partial charge in [-0.1, -0.05) is 15.9 Å². The van der Waals surface area contributed by atoms with Gasteiger partial charge in [-0.25, -0.2) is 4.39 Å². The maximum Gasteiger partial charge on any atom is 0.196 e. The molecule has 1 aromatic heterocycles. The van der Waals surface area contributed by atoms with Crippen LogP contribution in [0, 0.1) is 5.82 Å². The van der Waals surface area contributed by atoms with E-state index in [1.807, 2.05) is 0 Å². The van der Waals surface area contributed by atoms with Crippen LogP contribution in [0.2, 0.25) is 0 Å². The van der Waals surface area contributed by atoms with E-state index in [1.165, 1.54) is 23.5 Å². The van der Waals surface area contributed by atoms with Crippen LogP contribution in [0.4, 0.5) is 4.39 Å². The first-order chi connectivity index (χ1) is 7.18. The van der Waals surface area contributed by atoms with Crippen LogP contribution in [-0.2, 0) is 0 Å². The van der Waals surface area contributed by atoms with Gasteiger partial charge in [0, 0.05) is 15.4 Å². The molecule has 0 saturated heterocycles. The summed E-state index contributed by atoms with van der Waals surface area (Å²) in [5.74, 6) is -0.776. The fraction of sp³-hybridized carbons (Fsp3) is 0. The van der Waals surface area contributed by atoms with Crippen LogP contribution in [0.15, 0.2) is 39.5 Å². The molecule has 0 atom stereocenters. The number of benzene rings is 1. The zero-order chi connectivity index (χ0) is 10.8. The Morgan fingerprint density at radius 3 is 2.73 bits per heavy atom. The maximum atomic E-state index is 13.4. The monoisotopic (exact) mass is 284 g/mol. The lowest BCUT2D eigenvalue weighted by Gasteiger charge is -2.00. The highest BCUT2D eigenvalue weighted by Crippen LogP contribution is 2.19. The van der Waals surface area contributed by atoms with Crippen molar-refractivity contribution in [3.05, 3.63) is 56.4 Å². The normalized spacial score (nSPS) is 10.3. The molecule has 1 aromatic carbocycles. The van der Waals surface area contributed by atoms with Gasteiger partial charge < -0.3 is 0 Å². The topological polar surface area (TPSA) is 17.1 Å². The highest BCUT2D eigenvalue weighted by molar-refractivity contribution is 9.10. The SMILES string of the molecule is O=C(c1ccsc1)c1ccc(Br)cc1F. The lowest BCUT2D eigenvalue weighted by molar-refractivity contribution is 0.103. The highest BCUT2D eigenvalue weighted by atomic mass is 79.9. The van der Waals surface area contributed by atoms with Crippen molar-refractivity contribution < 1.29 is 9.18 Å². The predicted octanol–water partition coefficient (Wildman–Crippen LogP) is 3.88. The largest absolute Gasteiger partial charge is 0.288 e. The molecule has 0 N–H and O–H groups in total. The molecule has 0 spiro atoms. The van der Waals surface area contributed by atoms with Gasteiger partial charge in [-0.2, -0.15) is 11.3 Å². The third-order valence-corrected chi connectivity index (χ3v) is 3.14. The van der Waals surface area contributed by atoms with Crippen LogP contribution in [0.1, 0.15) is 15.9 Å². The standard InChI is InChI=1S/C11H6BrFOS/c12-8-1-2-9(10(13)5-8)11(14)7-3-4-15-6-7/h1-6H. The molecule has 0 aliphatic carbocycles. The lowest BCUT2D eigenvalue weighted by Crippen LogP contribution is -2.02. The van der Waals surface area contributed by atoms with Gasteiger partial charge in [-0.3, -0.25) is 4.79 Å². The third-order valence-electron chi connectivity index (χ3n) is 1.96. The van der Waals surface area contributed by atoms with Gasteiger partial charge in [0.05, 0.1) is 5.56 Å². The summed E-state index contributed by atoms with van der Waals surface area (Å²) in [6, 6.07) is 6.12. The molecule has 0 fully saturated rings. The van der Waals surface area contributed by atoms with E-state index in [0.717, 1.165) is 0 Å². The van der Waals surface area contributed by atoms with Crippen LogP contribution in [0.5, 0.6) is 0 Å². The number of thiophene rings is 1. The summed E-state index contributed by atoms with van der Waals surface area (Å²) in [5.41, 5.74) is 0.637. The Morgan fingerprint density at radius 2 is 2.13 bits per heavy atom. The fourth-order valence-electron chi connectivity index (χ4n) is 1.22. The Kier molecular flexibility index (Phi) is 2.98. The first kappa shape index (κ1) is 10.5. The van der Waals surface area contributed by atoms with E-state index in [1.54, 1.807) is 22.9 Å². The van der Waals surface area contributed by atoms with Crippen molar-refractivity contribution in [2.75, 3.05) is 0 Å². The van der Waals surface area contributed by atoms with Gasteiger partial charge in [0.1, 0.15) is 5.82 Å². The molecule has 1 nitrogen and oxygen atoms in total. The Hall–Kier alpha value is -1.00. The van der Waals surface area contributed by atoms with Gasteiger partial charge in [0.2, 0.25) is 0 Å². The van der Waals surface area contributed by atoms with E-state index in [9.17, 15) is 9.18 Å². The number of carbonyl (C=O) groups is 1. The van der Waals surface area contributed by atoms with Gasteiger partial charge in [-0.15, -0.1) is 0 Å². The molecule has 1 heterocycles. The Bertz CT molecular complexity index is 493. The highest BCUT2D eigenvalue weighted by Gasteiger charge is 2.14. The van der Waals surface area contributed by atoms with Crippen LogP contribution in [0.3, 0.4) is 0 Å². The van der Waals surface area contributed by atoms with Crippen molar-refractivity contribution in [2.24, 2.45) is 0 Å². The van der Waals surface area contributed by atoms with Crippen LogP contribution in [0.25, 0.3) is 0 Å². The molecular weight excluding hydrogens is 279 g/mol. The van der Waals surface area contributed by atoms with Crippen molar-refractivity contribution in [3.8, 4) is 0 Å². The second-order valence-corrected chi connectivity index (χ2v) is 4.66. The first-order valence-corrected chi connectivity index (χ1v) is 5.94. The van der Waals surface area contributed by atoms with Crippen molar-refractivity contribution in [1.82, 2.24) is 0 Å². The molecule has 76 valence electrons. The molecule has 2 rings (SSSR count). The summed E-state index contributed by atoms with van der Waals surface area (Å²) in [6.07, 6.45) is 0. The van der Waals surface area contributed by atoms with Crippen molar-refractivity contribution in [1.29, 1.82) is 0 Å². The van der Waals surface area contributed by atoms with Crippen LogP contribution < -0.4 is 0 Å². The maximum absolute atomic E-state index is 13.4. The smallest absolute Gasteiger partial charge is 0.196 e. The van der Waals surface area contributed by atoms with E-state index in [-0.39, 0.29) is 11.3 Å². The molecule has 0 unspecified atom stereocenters. The van der Waals surface area contributed by atoms with E-state index in [4.69, 9.17) is 0 Å². The molecule has 0 saturated carbocycles. The average Bonchev–Trinajstić information content (AvgIpc) is 2.69. The molecule has 0 amide bonds.